The summed E-state index contributed by atoms with van der Waals surface area (Å²) in [6, 6.07) is 8.25. The van der Waals surface area contributed by atoms with E-state index >= 15 is 0 Å². The quantitative estimate of drug-likeness (QED) is 0.393. The molecule has 3 nitrogen and oxygen atoms in total. The van der Waals surface area contributed by atoms with Gasteiger partial charge in [0.15, 0.2) is 0 Å². The Morgan fingerprint density at radius 1 is 1.20 bits per heavy atom. The van der Waals surface area contributed by atoms with E-state index in [-0.39, 0.29) is 4.95 Å². The minimum atomic E-state index is 0.210. The fourth-order valence-electron chi connectivity index (χ4n) is 2.21. The molecule has 0 aromatic heterocycles. The minimum absolute atomic E-state index is 0.210. The molecular weight excluding hydrogens is 316 g/mol. The van der Waals surface area contributed by atoms with Gasteiger partial charge in [-0.25, -0.2) is 0 Å². The van der Waals surface area contributed by atoms with E-state index in [1.54, 1.807) is 0 Å². The van der Waals surface area contributed by atoms with Crippen LogP contribution in [0.1, 0.15) is 39.0 Å². The molecule has 20 heavy (non-hydrogen) atoms. The number of benzene rings is 1. The molecule has 110 valence electrons. The second-order valence-electron chi connectivity index (χ2n) is 5.11. The summed E-state index contributed by atoms with van der Waals surface area (Å²) in [5.74, 6) is 0.954. The Morgan fingerprint density at radius 2 is 1.95 bits per heavy atom. The maximum absolute atomic E-state index is 5.76. The first-order valence-electron chi connectivity index (χ1n) is 7.46. The Morgan fingerprint density at radius 3 is 2.60 bits per heavy atom. The lowest BCUT2D eigenvalue weighted by Gasteiger charge is -2.15. The van der Waals surface area contributed by atoms with Gasteiger partial charge in [-0.2, -0.15) is 0 Å². The zero-order valence-electron chi connectivity index (χ0n) is 12.1. The van der Waals surface area contributed by atoms with Gasteiger partial charge >= 0.3 is 0 Å². The fourth-order valence-corrected chi connectivity index (χ4v) is 2.63. The van der Waals surface area contributed by atoms with Gasteiger partial charge in [-0.3, -0.25) is 4.99 Å². The van der Waals surface area contributed by atoms with Crippen LogP contribution in [0.2, 0.25) is 0 Å². The number of alkyl halides is 1. The molecule has 0 aliphatic carbocycles. The molecule has 0 radical (unpaired) electrons. The van der Waals surface area contributed by atoms with Gasteiger partial charge in [0.25, 0.3) is 0 Å². The smallest absolute Gasteiger partial charge is 0.124 e. The highest BCUT2D eigenvalue weighted by Crippen LogP contribution is 2.22. The molecule has 0 fully saturated rings. The van der Waals surface area contributed by atoms with Crippen LogP contribution in [0.5, 0.6) is 5.75 Å². The topological polar surface area (TPSA) is 24.8 Å². The number of hydrogen-bond acceptors (Lipinski definition) is 3. The van der Waals surface area contributed by atoms with E-state index in [4.69, 9.17) is 4.74 Å². The van der Waals surface area contributed by atoms with Crippen LogP contribution in [-0.2, 0) is 0 Å². The number of aliphatic imine (C=N–C) groups is 1. The standard InChI is InChI=1S/C16H23BrN2O/c1-2-3-4-5-6-11-20-15-9-7-14(8-10-15)19-12-16(17)18-13-19/h7-10,13,16H,2-6,11-12H2,1H3. The molecule has 1 unspecified atom stereocenters. The molecule has 0 N–H and O–H groups in total. The summed E-state index contributed by atoms with van der Waals surface area (Å²) in [4.78, 5) is 6.63. The average Bonchev–Trinajstić information content (AvgIpc) is 2.90. The van der Waals surface area contributed by atoms with Crippen LogP contribution in [0.15, 0.2) is 29.3 Å². The Balaban J connectivity index is 1.70. The van der Waals surface area contributed by atoms with Crippen molar-refractivity contribution in [3.05, 3.63) is 24.3 Å². The molecule has 0 amide bonds. The Kier molecular flexibility index (Phi) is 6.37. The van der Waals surface area contributed by atoms with Crippen LogP contribution in [-0.4, -0.2) is 24.4 Å². The van der Waals surface area contributed by atoms with E-state index in [1.807, 2.05) is 18.5 Å². The second-order valence-corrected chi connectivity index (χ2v) is 6.16. The van der Waals surface area contributed by atoms with E-state index in [0.29, 0.717) is 0 Å². The molecule has 1 aliphatic heterocycles. The third-order valence-electron chi connectivity index (χ3n) is 3.40. The highest BCUT2D eigenvalue weighted by Gasteiger charge is 2.15. The summed E-state index contributed by atoms with van der Waals surface area (Å²) in [6.07, 6.45) is 8.23. The van der Waals surface area contributed by atoms with Crippen molar-refractivity contribution >= 4 is 28.0 Å². The first kappa shape index (κ1) is 15.4. The molecule has 4 heteroatoms. The third kappa shape index (κ3) is 4.82. The summed E-state index contributed by atoms with van der Waals surface area (Å²) >= 11 is 3.49. The summed E-state index contributed by atoms with van der Waals surface area (Å²) in [6.45, 7) is 3.94. The van der Waals surface area contributed by atoms with Crippen LogP contribution in [0.3, 0.4) is 0 Å². The number of halogens is 1. The number of ether oxygens (including phenoxy) is 1. The van der Waals surface area contributed by atoms with Crippen molar-refractivity contribution in [2.24, 2.45) is 4.99 Å². The Hall–Kier alpha value is -1.03. The van der Waals surface area contributed by atoms with Crippen molar-refractivity contribution in [2.75, 3.05) is 18.1 Å². The first-order chi connectivity index (χ1) is 9.79. The number of rotatable bonds is 8. The zero-order valence-corrected chi connectivity index (χ0v) is 13.7. The lowest BCUT2D eigenvalue weighted by molar-refractivity contribution is 0.304. The lowest BCUT2D eigenvalue weighted by atomic mass is 10.2. The van der Waals surface area contributed by atoms with Crippen molar-refractivity contribution in [3.8, 4) is 5.75 Å². The van der Waals surface area contributed by atoms with Crippen LogP contribution in [0.4, 0.5) is 5.69 Å². The molecule has 1 heterocycles. The van der Waals surface area contributed by atoms with E-state index < -0.39 is 0 Å². The molecule has 1 aromatic rings. The first-order valence-corrected chi connectivity index (χ1v) is 8.38. The van der Waals surface area contributed by atoms with Crippen LogP contribution >= 0.6 is 15.9 Å². The average molecular weight is 339 g/mol. The molecule has 0 saturated carbocycles. The van der Waals surface area contributed by atoms with Crippen molar-refractivity contribution < 1.29 is 4.74 Å². The van der Waals surface area contributed by atoms with Crippen molar-refractivity contribution in [1.29, 1.82) is 0 Å². The lowest BCUT2D eigenvalue weighted by Crippen LogP contribution is -2.20. The third-order valence-corrected chi connectivity index (χ3v) is 3.93. The van der Waals surface area contributed by atoms with Crippen LogP contribution < -0.4 is 9.64 Å². The van der Waals surface area contributed by atoms with Crippen LogP contribution in [0.25, 0.3) is 0 Å². The van der Waals surface area contributed by atoms with E-state index in [0.717, 1.165) is 31.0 Å². The van der Waals surface area contributed by atoms with Gasteiger partial charge in [0.1, 0.15) is 10.7 Å². The van der Waals surface area contributed by atoms with Crippen LogP contribution in [0, 0.1) is 0 Å². The Labute approximate surface area is 130 Å². The summed E-state index contributed by atoms with van der Waals surface area (Å²) < 4.78 is 5.76. The van der Waals surface area contributed by atoms with Gasteiger partial charge in [-0.15, -0.1) is 0 Å². The molecule has 2 rings (SSSR count). The van der Waals surface area contributed by atoms with Gasteiger partial charge in [0.2, 0.25) is 0 Å². The molecule has 1 aliphatic rings. The van der Waals surface area contributed by atoms with Crippen molar-refractivity contribution in [2.45, 2.75) is 44.0 Å². The Bertz CT molecular complexity index is 419. The number of unbranched alkanes of at least 4 members (excludes halogenated alkanes) is 4. The highest BCUT2D eigenvalue weighted by atomic mass is 79.9. The second kappa shape index (κ2) is 8.30. The maximum atomic E-state index is 5.76. The summed E-state index contributed by atoms with van der Waals surface area (Å²) in [5, 5.41) is 0. The minimum Gasteiger partial charge on any atom is -0.494 e. The predicted molar refractivity (Wildman–Crippen MR) is 89.2 cm³/mol. The number of nitrogens with zero attached hydrogens (tertiary/aromatic N) is 2. The van der Waals surface area contributed by atoms with E-state index in [1.165, 1.54) is 25.7 Å². The van der Waals surface area contributed by atoms with Crippen molar-refractivity contribution in [1.82, 2.24) is 0 Å². The SMILES string of the molecule is CCCCCCCOc1ccc(N2C=NC(Br)C2)cc1. The molecule has 1 atom stereocenters. The fraction of sp³-hybridized carbons (Fsp3) is 0.562. The summed E-state index contributed by atoms with van der Waals surface area (Å²) in [7, 11) is 0. The largest absolute Gasteiger partial charge is 0.494 e. The normalized spacial score (nSPS) is 17.7. The molecule has 0 bridgehead atoms. The zero-order chi connectivity index (χ0) is 14.2. The molecule has 0 spiro atoms. The number of hydrogen-bond donors (Lipinski definition) is 0. The number of anilines is 1. The molecular formula is C16H23BrN2O. The van der Waals surface area contributed by atoms with E-state index in [2.05, 4.69) is 44.9 Å². The molecule has 1 aromatic carbocycles. The highest BCUT2D eigenvalue weighted by molar-refractivity contribution is 9.09. The monoisotopic (exact) mass is 338 g/mol. The predicted octanol–water partition coefficient (Wildman–Crippen LogP) is 4.61. The molecule has 0 saturated heterocycles. The van der Waals surface area contributed by atoms with Gasteiger partial charge < -0.3 is 9.64 Å². The van der Waals surface area contributed by atoms with Gasteiger partial charge in [0.05, 0.1) is 19.5 Å². The van der Waals surface area contributed by atoms with Crippen molar-refractivity contribution in [3.63, 3.8) is 0 Å². The van der Waals surface area contributed by atoms with Gasteiger partial charge in [0, 0.05) is 5.69 Å². The van der Waals surface area contributed by atoms with E-state index in [9.17, 15) is 0 Å². The maximum Gasteiger partial charge on any atom is 0.124 e. The van der Waals surface area contributed by atoms with Gasteiger partial charge in [-0.05, 0) is 30.7 Å². The van der Waals surface area contributed by atoms with Gasteiger partial charge in [-0.1, -0.05) is 48.5 Å². The summed E-state index contributed by atoms with van der Waals surface area (Å²) in [5.41, 5.74) is 1.16.